The summed E-state index contributed by atoms with van der Waals surface area (Å²) in [6.07, 6.45) is 3.02. The Morgan fingerprint density at radius 3 is 2.47 bits per heavy atom. The molecule has 3 N–H and O–H groups in total. The maximum atomic E-state index is 11.7. The van der Waals surface area contributed by atoms with Gasteiger partial charge in [-0.05, 0) is 44.4 Å². The quantitative estimate of drug-likeness (QED) is 0.712. The zero-order valence-corrected chi connectivity index (χ0v) is 13.0. The summed E-state index contributed by atoms with van der Waals surface area (Å²) in [5.74, 6) is 0.565. The number of hydrogen-bond acceptors (Lipinski definition) is 3. The van der Waals surface area contributed by atoms with Crippen LogP contribution in [0, 0.1) is 11.3 Å². The minimum atomic E-state index is -0.310. The zero-order chi connectivity index (χ0) is 14.7. The molecule has 0 radical (unpaired) electrons. The van der Waals surface area contributed by atoms with E-state index in [-0.39, 0.29) is 36.1 Å². The first-order valence-electron chi connectivity index (χ1n) is 7.33. The molecule has 112 valence electrons. The first kappa shape index (κ1) is 16.4. The third-order valence-electron chi connectivity index (χ3n) is 3.83. The molecule has 1 aliphatic rings. The number of carbonyl (C=O) groups excluding carboxylic acids is 1. The molecule has 0 spiro atoms. The largest absolute Gasteiger partial charge is 0.394 e. The van der Waals surface area contributed by atoms with Crippen molar-refractivity contribution in [1.29, 1.82) is 0 Å². The van der Waals surface area contributed by atoms with Crippen LogP contribution in [0.1, 0.15) is 53.9 Å². The van der Waals surface area contributed by atoms with Crippen molar-refractivity contribution in [3.05, 3.63) is 0 Å². The molecule has 4 heteroatoms. The molecule has 19 heavy (non-hydrogen) atoms. The van der Waals surface area contributed by atoms with Crippen molar-refractivity contribution < 1.29 is 9.90 Å². The second kappa shape index (κ2) is 6.23. The number of aliphatic hydroxyl groups is 1. The summed E-state index contributed by atoms with van der Waals surface area (Å²) in [7, 11) is 0. The van der Waals surface area contributed by atoms with Gasteiger partial charge >= 0.3 is 0 Å². The topological polar surface area (TPSA) is 61.4 Å². The molecule has 1 saturated carbocycles. The van der Waals surface area contributed by atoms with Crippen LogP contribution in [0.25, 0.3) is 0 Å². The second-order valence-corrected chi connectivity index (χ2v) is 7.37. The number of aliphatic hydroxyl groups excluding tert-OH is 1. The van der Waals surface area contributed by atoms with Crippen LogP contribution in [0.2, 0.25) is 0 Å². The molecule has 0 aromatic carbocycles. The van der Waals surface area contributed by atoms with Crippen LogP contribution in [0.15, 0.2) is 0 Å². The Hall–Kier alpha value is -0.610. The van der Waals surface area contributed by atoms with Gasteiger partial charge in [0.15, 0.2) is 0 Å². The predicted molar refractivity (Wildman–Crippen MR) is 77.9 cm³/mol. The summed E-state index contributed by atoms with van der Waals surface area (Å²) in [6.45, 7) is 11.0. The van der Waals surface area contributed by atoms with Crippen molar-refractivity contribution in [1.82, 2.24) is 10.6 Å². The Morgan fingerprint density at radius 2 is 2.00 bits per heavy atom. The van der Waals surface area contributed by atoms with Crippen molar-refractivity contribution in [3.63, 3.8) is 0 Å². The molecule has 1 fully saturated rings. The maximum absolute atomic E-state index is 11.7. The van der Waals surface area contributed by atoms with Gasteiger partial charge in [-0.25, -0.2) is 0 Å². The molecule has 0 bridgehead atoms. The summed E-state index contributed by atoms with van der Waals surface area (Å²) >= 11 is 0. The number of rotatable bonds is 5. The minimum Gasteiger partial charge on any atom is -0.394 e. The van der Waals surface area contributed by atoms with Gasteiger partial charge in [0.05, 0.1) is 13.2 Å². The van der Waals surface area contributed by atoms with E-state index in [9.17, 15) is 9.90 Å². The summed E-state index contributed by atoms with van der Waals surface area (Å²) in [5.41, 5.74) is -0.0998. The molecule has 2 atom stereocenters. The fourth-order valence-electron chi connectivity index (χ4n) is 3.69. The van der Waals surface area contributed by atoms with E-state index in [1.165, 1.54) is 6.42 Å². The van der Waals surface area contributed by atoms with Gasteiger partial charge in [-0.15, -0.1) is 0 Å². The molecule has 0 aromatic heterocycles. The van der Waals surface area contributed by atoms with Gasteiger partial charge in [0.1, 0.15) is 0 Å². The van der Waals surface area contributed by atoms with Gasteiger partial charge in [-0.1, -0.05) is 20.8 Å². The van der Waals surface area contributed by atoms with E-state index in [1.54, 1.807) is 0 Å². The number of nitrogens with one attached hydrogen (secondary N) is 2. The van der Waals surface area contributed by atoms with Gasteiger partial charge < -0.3 is 15.7 Å². The van der Waals surface area contributed by atoms with Gasteiger partial charge in [-0.2, -0.15) is 0 Å². The molecule has 0 heterocycles. The Kier molecular flexibility index (Phi) is 5.39. The van der Waals surface area contributed by atoms with Gasteiger partial charge in [0, 0.05) is 11.6 Å². The first-order valence-corrected chi connectivity index (χ1v) is 7.33. The van der Waals surface area contributed by atoms with E-state index >= 15 is 0 Å². The average molecular weight is 270 g/mol. The maximum Gasteiger partial charge on any atom is 0.234 e. The molecule has 0 aliphatic heterocycles. The second-order valence-electron chi connectivity index (χ2n) is 7.37. The molecule has 0 saturated heterocycles. The fraction of sp³-hybridized carbons (Fsp3) is 0.933. The highest BCUT2D eigenvalue weighted by Crippen LogP contribution is 2.43. The highest BCUT2D eigenvalue weighted by Gasteiger charge is 2.42. The smallest absolute Gasteiger partial charge is 0.234 e. The third-order valence-corrected chi connectivity index (χ3v) is 3.83. The molecular formula is C15H30N2O2. The molecule has 2 unspecified atom stereocenters. The van der Waals surface area contributed by atoms with E-state index in [2.05, 4.69) is 31.4 Å². The Bertz CT molecular complexity index is 315. The van der Waals surface area contributed by atoms with E-state index in [0.717, 1.165) is 12.8 Å². The number of hydrogen-bond donors (Lipinski definition) is 3. The summed E-state index contributed by atoms with van der Waals surface area (Å²) < 4.78 is 0. The minimum absolute atomic E-state index is 0.00106. The van der Waals surface area contributed by atoms with Gasteiger partial charge in [0.25, 0.3) is 0 Å². The summed E-state index contributed by atoms with van der Waals surface area (Å²) in [4.78, 5) is 11.7. The lowest BCUT2D eigenvalue weighted by Gasteiger charge is -2.47. The van der Waals surface area contributed by atoms with E-state index in [0.29, 0.717) is 5.92 Å². The Balaban J connectivity index is 2.62. The van der Waals surface area contributed by atoms with Crippen LogP contribution in [0.4, 0.5) is 0 Å². The number of amides is 1. The standard InChI is InChI=1S/C15H30N2O2/c1-11(2)17-13(19)8-16-15(10-18)7-12(3)6-14(4,5)9-15/h11-12,16,18H,6-10H2,1-5H3,(H,17,19). The van der Waals surface area contributed by atoms with E-state index in [4.69, 9.17) is 0 Å². The third kappa shape index (κ3) is 5.11. The number of carbonyl (C=O) groups is 1. The normalized spacial score (nSPS) is 30.4. The zero-order valence-electron chi connectivity index (χ0n) is 13.0. The highest BCUT2D eigenvalue weighted by molar-refractivity contribution is 5.78. The van der Waals surface area contributed by atoms with Gasteiger partial charge in [0.2, 0.25) is 5.91 Å². The molecule has 1 amide bonds. The SMILES string of the molecule is CC1CC(C)(C)CC(CO)(NCC(=O)NC(C)C)C1. The van der Waals surface area contributed by atoms with Gasteiger partial charge in [-0.3, -0.25) is 4.79 Å². The molecule has 1 aliphatic carbocycles. The van der Waals surface area contributed by atoms with Crippen LogP contribution in [0.3, 0.4) is 0 Å². The van der Waals surface area contributed by atoms with E-state index < -0.39 is 0 Å². The Labute approximate surface area is 117 Å². The lowest BCUT2D eigenvalue weighted by Crippen LogP contribution is -2.57. The lowest BCUT2D eigenvalue weighted by molar-refractivity contribution is -0.121. The lowest BCUT2D eigenvalue weighted by atomic mass is 9.64. The van der Waals surface area contributed by atoms with Crippen LogP contribution < -0.4 is 10.6 Å². The van der Waals surface area contributed by atoms with Crippen molar-refractivity contribution in [3.8, 4) is 0 Å². The molecular weight excluding hydrogens is 240 g/mol. The Morgan fingerprint density at radius 1 is 1.37 bits per heavy atom. The van der Waals surface area contributed by atoms with Crippen molar-refractivity contribution in [2.24, 2.45) is 11.3 Å². The average Bonchev–Trinajstić information content (AvgIpc) is 2.23. The fourth-order valence-corrected chi connectivity index (χ4v) is 3.69. The van der Waals surface area contributed by atoms with Crippen molar-refractivity contribution in [2.45, 2.75) is 65.5 Å². The molecule has 4 nitrogen and oxygen atoms in total. The van der Waals surface area contributed by atoms with Crippen LogP contribution in [-0.2, 0) is 4.79 Å². The van der Waals surface area contributed by atoms with Crippen molar-refractivity contribution in [2.75, 3.05) is 13.2 Å². The molecule has 0 aromatic rings. The summed E-state index contributed by atoms with van der Waals surface area (Å²) in [6, 6.07) is 0.154. The van der Waals surface area contributed by atoms with Crippen molar-refractivity contribution >= 4 is 5.91 Å². The molecule has 1 rings (SSSR count). The monoisotopic (exact) mass is 270 g/mol. The summed E-state index contributed by atoms with van der Waals surface area (Å²) in [5, 5.41) is 16.0. The first-order chi connectivity index (χ1) is 8.68. The van der Waals surface area contributed by atoms with Crippen LogP contribution in [0.5, 0.6) is 0 Å². The van der Waals surface area contributed by atoms with Crippen LogP contribution >= 0.6 is 0 Å². The van der Waals surface area contributed by atoms with Crippen LogP contribution in [-0.4, -0.2) is 35.7 Å². The highest BCUT2D eigenvalue weighted by atomic mass is 16.3. The van der Waals surface area contributed by atoms with E-state index in [1.807, 2.05) is 13.8 Å². The predicted octanol–water partition coefficient (Wildman–Crippen LogP) is 1.68.